The van der Waals surface area contributed by atoms with Crippen molar-refractivity contribution in [2.45, 2.75) is 13.0 Å². The third-order valence-corrected chi connectivity index (χ3v) is 3.03. The van der Waals surface area contributed by atoms with Crippen LogP contribution in [-0.2, 0) is 11.3 Å². The van der Waals surface area contributed by atoms with Gasteiger partial charge >= 0.3 is 0 Å². The number of hydrogen-bond donors (Lipinski definition) is 2. The lowest BCUT2D eigenvalue weighted by molar-refractivity contribution is -0.121. The molecule has 23 heavy (non-hydrogen) atoms. The van der Waals surface area contributed by atoms with Crippen LogP contribution in [0.5, 0.6) is 0 Å². The summed E-state index contributed by atoms with van der Waals surface area (Å²) in [7, 11) is 0. The highest BCUT2D eigenvalue weighted by Crippen LogP contribution is 2.09. The summed E-state index contributed by atoms with van der Waals surface area (Å²) in [5.74, 6) is -2.64. The van der Waals surface area contributed by atoms with Crippen molar-refractivity contribution in [2.75, 3.05) is 6.54 Å². The van der Waals surface area contributed by atoms with E-state index in [-0.39, 0.29) is 24.4 Å². The summed E-state index contributed by atoms with van der Waals surface area (Å²) in [6.45, 7) is 0.391. The number of nitrogens with zero attached hydrogens (tertiary/aromatic N) is 1. The maximum atomic E-state index is 13.4. The summed E-state index contributed by atoms with van der Waals surface area (Å²) >= 11 is 0. The molecular formula is C16H15F2N3O2. The Bertz CT molecular complexity index is 693. The minimum absolute atomic E-state index is 0.0501. The molecule has 2 aromatic rings. The van der Waals surface area contributed by atoms with Gasteiger partial charge in [-0.3, -0.25) is 14.6 Å². The van der Waals surface area contributed by atoms with Gasteiger partial charge in [-0.05, 0) is 23.8 Å². The van der Waals surface area contributed by atoms with E-state index in [4.69, 9.17) is 0 Å². The Hall–Kier alpha value is -2.83. The molecule has 0 fully saturated rings. The number of aromatic nitrogens is 1. The third-order valence-electron chi connectivity index (χ3n) is 3.03. The van der Waals surface area contributed by atoms with Gasteiger partial charge in [0.1, 0.15) is 11.6 Å². The number of amides is 2. The van der Waals surface area contributed by atoms with Crippen molar-refractivity contribution >= 4 is 11.8 Å². The number of benzene rings is 1. The van der Waals surface area contributed by atoms with Gasteiger partial charge in [0.05, 0.1) is 5.56 Å². The SMILES string of the molecule is O=C(CCNC(=O)c1ccc(F)cc1F)NCc1cccnc1. The second kappa shape index (κ2) is 7.98. The largest absolute Gasteiger partial charge is 0.352 e. The van der Waals surface area contributed by atoms with Crippen LogP contribution in [0.2, 0.25) is 0 Å². The van der Waals surface area contributed by atoms with Gasteiger partial charge in [-0.1, -0.05) is 6.07 Å². The number of nitrogens with one attached hydrogen (secondary N) is 2. The third kappa shape index (κ3) is 5.14. The minimum Gasteiger partial charge on any atom is -0.352 e. The Morgan fingerprint density at radius 1 is 1.13 bits per heavy atom. The zero-order valence-electron chi connectivity index (χ0n) is 12.2. The van der Waals surface area contributed by atoms with Crippen LogP contribution in [-0.4, -0.2) is 23.3 Å². The van der Waals surface area contributed by atoms with Crippen LogP contribution in [0, 0.1) is 11.6 Å². The fourth-order valence-corrected chi connectivity index (χ4v) is 1.85. The van der Waals surface area contributed by atoms with E-state index in [9.17, 15) is 18.4 Å². The molecule has 7 heteroatoms. The summed E-state index contributed by atoms with van der Waals surface area (Å²) in [5.41, 5.74) is 0.598. The van der Waals surface area contributed by atoms with E-state index in [0.717, 1.165) is 17.7 Å². The van der Waals surface area contributed by atoms with Gasteiger partial charge in [0.15, 0.2) is 0 Å². The molecule has 0 radical (unpaired) electrons. The Kier molecular flexibility index (Phi) is 5.74. The Balaban J connectivity index is 1.73. The summed E-state index contributed by atoms with van der Waals surface area (Å²) in [6.07, 6.45) is 3.32. The molecule has 0 bridgehead atoms. The molecule has 2 amide bonds. The predicted molar refractivity (Wildman–Crippen MR) is 79.4 cm³/mol. The molecule has 0 unspecified atom stereocenters. The van der Waals surface area contributed by atoms with Crippen molar-refractivity contribution in [2.24, 2.45) is 0 Å². The molecule has 2 rings (SSSR count). The maximum absolute atomic E-state index is 13.4. The average molecular weight is 319 g/mol. The van der Waals surface area contributed by atoms with Crippen LogP contribution in [0.1, 0.15) is 22.3 Å². The average Bonchev–Trinajstić information content (AvgIpc) is 2.53. The van der Waals surface area contributed by atoms with Crippen molar-refractivity contribution in [1.82, 2.24) is 15.6 Å². The van der Waals surface area contributed by atoms with Crippen molar-refractivity contribution in [3.05, 3.63) is 65.5 Å². The summed E-state index contributed by atoms with van der Waals surface area (Å²) in [6, 6.07) is 6.28. The Morgan fingerprint density at radius 2 is 1.96 bits per heavy atom. The quantitative estimate of drug-likeness (QED) is 0.853. The van der Waals surface area contributed by atoms with Gasteiger partial charge in [-0.2, -0.15) is 0 Å². The summed E-state index contributed by atoms with van der Waals surface area (Å²) in [4.78, 5) is 27.3. The molecule has 120 valence electrons. The van der Waals surface area contributed by atoms with Crippen LogP contribution in [0.4, 0.5) is 8.78 Å². The number of hydrogen-bond acceptors (Lipinski definition) is 3. The molecule has 0 aliphatic rings. The van der Waals surface area contributed by atoms with E-state index >= 15 is 0 Å². The molecular weight excluding hydrogens is 304 g/mol. The monoisotopic (exact) mass is 319 g/mol. The van der Waals surface area contributed by atoms with Gasteiger partial charge in [0.25, 0.3) is 5.91 Å². The zero-order valence-corrected chi connectivity index (χ0v) is 12.2. The first-order valence-corrected chi connectivity index (χ1v) is 6.95. The molecule has 5 nitrogen and oxygen atoms in total. The van der Waals surface area contributed by atoms with E-state index in [1.807, 2.05) is 6.07 Å². The van der Waals surface area contributed by atoms with Crippen LogP contribution >= 0.6 is 0 Å². The lowest BCUT2D eigenvalue weighted by atomic mass is 10.2. The van der Waals surface area contributed by atoms with Gasteiger partial charge in [-0.25, -0.2) is 8.78 Å². The van der Waals surface area contributed by atoms with Gasteiger partial charge in [0.2, 0.25) is 5.91 Å². The van der Waals surface area contributed by atoms with Crippen LogP contribution in [0.25, 0.3) is 0 Å². The molecule has 0 aliphatic heterocycles. The fourth-order valence-electron chi connectivity index (χ4n) is 1.85. The molecule has 0 atom stereocenters. The van der Waals surface area contributed by atoms with Crippen LogP contribution in [0.15, 0.2) is 42.7 Å². The van der Waals surface area contributed by atoms with E-state index in [1.54, 1.807) is 18.5 Å². The number of carbonyl (C=O) groups excluding carboxylic acids is 2. The van der Waals surface area contributed by atoms with Crippen molar-refractivity contribution in [1.29, 1.82) is 0 Å². The smallest absolute Gasteiger partial charge is 0.254 e. The summed E-state index contributed by atoms with van der Waals surface area (Å²) in [5, 5.41) is 5.09. The number of rotatable bonds is 6. The topological polar surface area (TPSA) is 71.1 Å². The van der Waals surface area contributed by atoms with E-state index in [0.29, 0.717) is 12.6 Å². The molecule has 1 heterocycles. The minimum atomic E-state index is -0.941. The molecule has 0 aliphatic carbocycles. The second-order valence-corrected chi connectivity index (χ2v) is 4.77. The van der Waals surface area contributed by atoms with Crippen molar-refractivity contribution in [3.8, 4) is 0 Å². The highest BCUT2D eigenvalue weighted by atomic mass is 19.1. The fraction of sp³-hybridized carbons (Fsp3) is 0.188. The van der Waals surface area contributed by atoms with Gasteiger partial charge in [-0.15, -0.1) is 0 Å². The standard InChI is InChI=1S/C16H15F2N3O2/c17-12-3-4-13(14(18)8-12)16(23)20-7-5-15(22)21-10-11-2-1-6-19-9-11/h1-4,6,8-9H,5,7,10H2,(H,20,23)(H,21,22). The first-order valence-electron chi connectivity index (χ1n) is 6.95. The van der Waals surface area contributed by atoms with E-state index < -0.39 is 17.5 Å². The second-order valence-electron chi connectivity index (χ2n) is 4.77. The molecule has 1 aromatic heterocycles. The molecule has 2 N–H and O–H groups in total. The van der Waals surface area contributed by atoms with E-state index in [2.05, 4.69) is 15.6 Å². The first kappa shape index (κ1) is 16.5. The Labute approximate surface area is 131 Å². The van der Waals surface area contributed by atoms with Gasteiger partial charge < -0.3 is 10.6 Å². The molecule has 1 aromatic carbocycles. The highest BCUT2D eigenvalue weighted by molar-refractivity contribution is 5.94. The van der Waals surface area contributed by atoms with Crippen LogP contribution < -0.4 is 10.6 Å². The highest BCUT2D eigenvalue weighted by Gasteiger charge is 2.12. The Morgan fingerprint density at radius 3 is 2.65 bits per heavy atom. The van der Waals surface area contributed by atoms with Crippen LogP contribution in [0.3, 0.4) is 0 Å². The maximum Gasteiger partial charge on any atom is 0.254 e. The lowest BCUT2D eigenvalue weighted by Crippen LogP contribution is -2.31. The first-order chi connectivity index (χ1) is 11.1. The van der Waals surface area contributed by atoms with Gasteiger partial charge in [0, 0.05) is 38.0 Å². The number of carbonyl (C=O) groups is 2. The summed E-state index contributed by atoms with van der Waals surface area (Å²) < 4.78 is 26.2. The lowest BCUT2D eigenvalue weighted by Gasteiger charge is -2.07. The number of pyridine rings is 1. The normalized spacial score (nSPS) is 10.2. The van der Waals surface area contributed by atoms with Crippen molar-refractivity contribution in [3.63, 3.8) is 0 Å². The zero-order chi connectivity index (χ0) is 16.7. The molecule has 0 saturated carbocycles. The van der Waals surface area contributed by atoms with Crippen molar-refractivity contribution < 1.29 is 18.4 Å². The van der Waals surface area contributed by atoms with E-state index in [1.165, 1.54) is 0 Å². The molecule has 0 saturated heterocycles. The number of halogens is 2. The molecule has 0 spiro atoms. The predicted octanol–water partition coefficient (Wildman–Crippen LogP) is 1.80.